The second kappa shape index (κ2) is 6.46. The van der Waals surface area contributed by atoms with Gasteiger partial charge in [0.25, 0.3) is 0 Å². The van der Waals surface area contributed by atoms with Gasteiger partial charge in [-0.2, -0.15) is 11.8 Å². The van der Waals surface area contributed by atoms with Crippen molar-refractivity contribution in [3.8, 4) is 0 Å². The molecule has 2 unspecified atom stereocenters. The first-order valence-corrected chi connectivity index (χ1v) is 7.74. The van der Waals surface area contributed by atoms with Gasteiger partial charge in [-0.25, -0.2) is 0 Å². The fourth-order valence-corrected chi connectivity index (χ4v) is 3.72. The Morgan fingerprint density at radius 2 is 2.12 bits per heavy atom. The quantitative estimate of drug-likeness (QED) is 0.853. The lowest BCUT2D eigenvalue weighted by atomic mass is 10.1. The maximum atomic E-state index is 3.71. The van der Waals surface area contributed by atoms with E-state index >= 15 is 0 Å². The van der Waals surface area contributed by atoms with E-state index in [0.717, 1.165) is 17.8 Å². The molecule has 1 saturated carbocycles. The summed E-state index contributed by atoms with van der Waals surface area (Å²) in [6.45, 7) is 5.49. The number of aryl methyl sites for hydroxylation is 1. The van der Waals surface area contributed by atoms with Gasteiger partial charge in [0.1, 0.15) is 0 Å². The van der Waals surface area contributed by atoms with E-state index in [4.69, 9.17) is 0 Å². The van der Waals surface area contributed by atoms with E-state index in [9.17, 15) is 0 Å². The summed E-state index contributed by atoms with van der Waals surface area (Å²) < 4.78 is 0. The van der Waals surface area contributed by atoms with Gasteiger partial charge >= 0.3 is 0 Å². The van der Waals surface area contributed by atoms with Gasteiger partial charge in [0, 0.05) is 17.8 Å². The summed E-state index contributed by atoms with van der Waals surface area (Å²) in [5.74, 6) is 1.26. The summed E-state index contributed by atoms with van der Waals surface area (Å²) in [6.07, 6.45) is 4.10. The van der Waals surface area contributed by atoms with Crippen molar-refractivity contribution in [3.05, 3.63) is 35.4 Å². The molecule has 1 fully saturated rings. The van der Waals surface area contributed by atoms with Crippen molar-refractivity contribution in [2.75, 3.05) is 5.75 Å². The molecule has 0 spiro atoms. The Bertz CT molecular complexity index is 351. The lowest BCUT2D eigenvalue weighted by Crippen LogP contribution is -2.26. The molecule has 2 rings (SSSR count). The first-order valence-electron chi connectivity index (χ1n) is 6.69. The minimum atomic E-state index is 0.735. The van der Waals surface area contributed by atoms with E-state index in [0.29, 0.717) is 0 Å². The third kappa shape index (κ3) is 3.75. The Morgan fingerprint density at radius 3 is 2.88 bits per heavy atom. The molecule has 0 aromatic heterocycles. The van der Waals surface area contributed by atoms with Gasteiger partial charge in [0.15, 0.2) is 0 Å². The molecule has 1 aliphatic rings. The van der Waals surface area contributed by atoms with Gasteiger partial charge in [-0.3, -0.25) is 0 Å². The van der Waals surface area contributed by atoms with E-state index < -0.39 is 0 Å². The SMILES string of the molecule is CCSC1CCC(NCc2ccccc2C)C1. The monoisotopic (exact) mass is 249 g/mol. The molecule has 0 bridgehead atoms. The van der Waals surface area contributed by atoms with E-state index in [-0.39, 0.29) is 0 Å². The average Bonchev–Trinajstić information content (AvgIpc) is 2.76. The largest absolute Gasteiger partial charge is 0.310 e. The number of thioether (sulfide) groups is 1. The van der Waals surface area contributed by atoms with Gasteiger partial charge in [0.2, 0.25) is 0 Å². The third-order valence-electron chi connectivity index (χ3n) is 3.63. The van der Waals surface area contributed by atoms with Crippen LogP contribution in [0.25, 0.3) is 0 Å². The maximum absolute atomic E-state index is 3.71. The molecule has 0 saturated heterocycles. The van der Waals surface area contributed by atoms with Crippen LogP contribution in [0.5, 0.6) is 0 Å². The smallest absolute Gasteiger partial charge is 0.0210 e. The molecule has 1 nitrogen and oxygen atoms in total. The Kier molecular flexibility index (Phi) is 4.93. The van der Waals surface area contributed by atoms with Crippen LogP contribution in [-0.2, 0) is 6.54 Å². The Labute approximate surface area is 109 Å². The van der Waals surface area contributed by atoms with Crippen molar-refractivity contribution < 1.29 is 0 Å². The second-order valence-corrected chi connectivity index (χ2v) is 6.47. The Morgan fingerprint density at radius 1 is 1.29 bits per heavy atom. The van der Waals surface area contributed by atoms with Crippen molar-refractivity contribution in [2.45, 2.75) is 50.9 Å². The molecule has 1 aromatic carbocycles. The summed E-state index contributed by atoms with van der Waals surface area (Å²) >= 11 is 2.13. The lowest BCUT2D eigenvalue weighted by Gasteiger charge is -2.14. The number of rotatable bonds is 5. The van der Waals surface area contributed by atoms with E-state index in [1.165, 1.54) is 36.1 Å². The van der Waals surface area contributed by atoms with Crippen LogP contribution in [0.1, 0.15) is 37.3 Å². The number of hydrogen-bond donors (Lipinski definition) is 1. The van der Waals surface area contributed by atoms with E-state index in [2.05, 4.69) is 55.2 Å². The number of nitrogens with one attached hydrogen (secondary N) is 1. The van der Waals surface area contributed by atoms with Crippen molar-refractivity contribution in [1.29, 1.82) is 0 Å². The van der Waals surface area contributed by atoms with Crippen molar-refractivity contribution in [3.63, 3.8) is 0 Å². The zero-order valence-electron chi connectivity index (χ0n) is 10.9. The van der Waals surface area contributed by atoms with E-state index in [1.54, 1.807) is 0 Å². The molecule has 1 N–H and O–H groups in total. The van der Waals surface area contributed by atoms with Crippen molar-refractivity contribution in [2.24, 2.45) is 0 Å². The van der Waals surface area contributed by atoms with Gasteiger partial charge in [0.05, 0.1) is 0 Å². The average molecular weight is 249 g/mol. The molecule has 2 heteroatoms. The minimum absolute atomic E-state index is 0.735. The predicted molar refractivity (Wildman–Crippen MR) is 77.6 cm³/mol. The molecule has 1 aliphatic carbocycles. The Hall–Kier alpha value is -0.470. The molecule has 0 radical (unpaired) electrons. The van der Waals surface area contributed by atoms with Gasteiger partial charge < -0.3 is 5.32 Å². The van der Waals surface area contributed by atoms with Gasteiger partial charge in [-0.15, -0.1) is 0 Å². The molecule has 0 aliphatic heterocycles. The fraction of sp³-hybridized carbons (Fsp3) is 0.600. The summed E-state index contributed by atoms with van der Waals surface area (Å²) in [5, 5.41) is 4.61. The predicted octanol–water partition coefficient (Wildman–Crippen LogP) is 3.76. The van der Waals surface area contributed by atoms with Crippen LogP contribution in [0.3, 0.4) is 0 Å². The van der Waals surface area contributed by atoms with Gasteiger partial charge in [-0.1, -0.05) is 31.2 Å². The molecule has 94 valence electrons. The topological polar surface area (TPSA) is 12.0 Å². The van der Waals surface area contributed by atoms with Crippen LogP contribution in [0.2, 0.25) is 0 Å². The minimum Gasteiger partial charge on any atom is -0.310 e. The first-order chi connectivity index (χ1) is 8.29. The lowest BCUT2D eigenvalue weighted by molar-refractivity contribution is 0.524. The highest BCUT2D eigenvalue weighted by Crippen LogP contribution is 2.29. The van der Waals surface area contributed by atoms with Gasteiger partial charge in [-0.05, 0) is 43.1 Å². The zero-order valence-corrected chi connectivity index (χ0v) is 11.7. The highest BCUT2D eigenvalue weighted by Gasteiger charge is 2.23. The fourth-order valence-electron chi connectivity index (χ4n) is 2.58. The highest BCUT2D eigenvalue weighted by atomic mass is 32.2. The normalized spacial score (nSPS) is 24.1. The van der Waals surface area contributed by atoms with Crippen molar-refractivity contribution >= 4 is 11.8 Å². The highest BCUT2D eigenvalue weighted by molar-refractivity contribution is 7.99. The summed E-state index contributed by atoms with van der Waals surface area (Å²) in [7, 11) is 0. The van der Waals surface area contributed by atoms with Crippen LogP contribution >= 0.6 is 11.8 Å². The molecule has 17 heavy (non-hydrogen) atoms. The first kappa shape index (κ1) is 13.0. The molecular formula is C15H23NS. The molecule has 0 amide bonds. The van der Waals surface area contributed by atoms with Crippen LogP contribution < -0.4 is 5.32 Å². The van der Waals surface area contributed by atoms with Crippen LogP contribution in [0.4, 0.5) is 0 Å². The Balaban J connectivity index is 1.78. The summed E-state index contributed by atoms with van der Waals surface area (Å²) in [5.41, 5.74) is 2.84. The molecule has 1 aromatic rings. The number of hydrogen-bond acceptors (Lipinski definition) is 2. The third-order valence-corrected chi connectivity index (χ3v) is 4.86. The maximum Gasteiger partial charge on any atom is 0.0210 e. The zero-order chi connectivity index (χ0) is 12.1. The van der Waals surface area contributed by atoms with E-state index in [1.807, 2.05) is 0 Å². The van der Waals surface area contributed by atoms with Crippen LogP contribution in [0, 0.1) is 6.92 Å². The van der Waals surface area contributed by atoms with Crippen LogP contribution in [0.15, 0.2) is 24.3 Å². The molecule has 0 heterocycles. The number of benzene rings is 1. The molecular weight excluding hydrogens is 226 g/mol. The standard InChI is InChI=1S/C15H23NS/c1-3-17-15-9-8-14(10-15)16-11-13-7-5-4-6-12(13)2/h4-7,14-16H,3,8-11H2,1-2H3. The second-order valence-electron chi connectivity index (χ2n) is 4.89. The van der Waals surface area contributed by atoms with Crippen molar-refractivity contribution in [1.82, 2.24) is 5.32 Å². The summed E-state index contributed by atoms with van der Waals surface area (Å²) in [4.78, 5) is 0. The molecule has 2 atom stereocenters. The van der Waals surface area contributed by atoms with Crippen LogP contribution in [-0.4, -0.2) is 17.0 Å². The summed E-state index contributed by atoms with van der Waals surface area (Å²) in [6, 6.07) is 9.41.